The number of hydrogen-bond acceptors (Lipinski definition) is 2. The first-order valence-corrected chi connectivity index (χ1v) is 7.53. The Bertz CT molecular complexity index is 792. The number of aromatic carboxylic acids is 1. The van der Waals surface area contributed by atoms with Crippen molar-refractivity contribution in [2.45, 2.75) is 6.42 Å². The van der Waals surface area contributed by atoms with Gasteiger partial charge in [-0.2, -0.15) is 0 Å². The number of halogens is 1. The minimum absolute atomic E-state index is 0.276. The van der Waals surface area contributed by atoms with Crippen LogP contribution in [0.3, 0.4) is 0 Å². The van der Waals surface area contributed by atoms with Gasteiger partial charge in [-0.1, -0.05) is 40.2 Å². The second kappa shape index (κ2) is 6.15. The quantitative estimate of drug-likeness (QED) is 0.738. The highest BCUT2D eigenvalue weighted by Gasteiger charge is 2.06. The van der Waals surface area contributed by atoms with E-state index in [0.717, 1.165) is 28.0 Å². The van der Waals surface area contributed by atoms with Gasteiger partial charge in [0.1, 0.15) is 5.82 Å². The summed E-state index contributed by atoms with van der Waals surface area (Å²) in [4.78, 5) is 18.5. The van der Waals surface area contributed by atoms with Crippen LogP contribution in [0, 0.1) is 0 Å². The first-order chi connectivity index (χ1) is 10.6. The third kappa shape index (κ3) is 3.26. The second-order valence-electron chi connectivity index (χ2n) is 4.93. The zero-order valence-corrected chi connectivity index (χ0v) is 13.2. The smallest absolute Gasteiger partial charge is 0.335 e. The number of H-pyrrole nitrogens is 1. The zero-order valence-electron chi connectivity index (χ0n) is 11.6. The molecule has 0 aliphatic rings. The number of aromatic amines is 1. The van der Waals surface area contributed by atoms with Gasteiger partial charge in [-0.25, -0.2) is 9.78 Å². The first-order valence-electron chi connectivity index (χ1n) is 6.74. The van der Waals surface area contributed by atoms with E-state index in [1.807, 2.05) is 24.3 Å². The predicted molar refractivity (Wildman–Crippen MR) is 87.9 cm³/mol. The summed E-state index contributed by atoms with van der Waals surface area (Å²) in [5, 5.41) is 8.91. The van der Waals surface area contributed by atoms with E-state index in [9.17, 15) is 4.79 Å². The van der Waals surface area contributed by atoms with Crippen molar-refractivity contribution in [2.24, 2.45) is 0 Å². The summed E-state index contributed by atoms with van der Waals surface area (Å²) in [7, 11) is 0. The van der Waals surface area contributed by atoms with Crippen LogP contribution in [0.15, 0.2) is 59.2 Å². The fraction of sp³-hybridized carbons (Fsp3) is 0.0588. The Labute approximate surface area is 136 Å². The average Bonchev–Trinajstić information content (AvgIpc) is 2.98. The van der Waals surface area contributed by atoms with Crippen LogP contribution in [-0.4, -0.2) is 21.0 Å². The highest BCUT2D eigenvalue weighted by atomic mass is 79.9. The van der Waals surface area contributed by atoms with Crippen LogP contribution in [0.2, 0.25) is 0 Å². The van der Waals surface area contributed by atoms with Crippen molar-refractivity contribution in [2.75, 3.05) is 0 Å². The van der Waals surface area contributed by atoms with Gasteiger partial charge in [0, 0.05) is 10.9 Å². The van der Waals surface area contributed by atoms with Gasteiger partial charge in [0.05, 0.1) is 17.5 Å². The summed E-state index contributed by atoms with van der Waals surface area (Å²) < 4.78 is 1.05. The minimum atomic E-state index is -0.924. The van der Waals surface area contributed by atoms with Gasteiger partial charge in [0.2, 0.25) is 0 Å². The molecule has 0 amide bonds. The average molecular weight is 357 g/mol. The van der Waals surface area contributed by atoms with E-state index in [4.69, 9.17) is 5.11 Å². The summed E-state index contributed by atoms with van der Waals surface area (Å²) in [6.45, 7) is 0. The molecule has 22 heavy (non-hydrogen) atoms. The summed E-state index contributed by atoms with van der Waals surface area (Å²) in [6, 6.07) is 14.8. The van der Waals surface area contributed by atoms with Crippen molar-refractivity contribution in [1.82, 2.24) is 9.97 Å². The molecule has 0 saturated heterocycles. The van der Waals surface area contributed by atoms with Crippen LogP contribution in [-0.2, 0) is 6.42 Å². The molecule has 3 aromatic rings. The highest BCUT2D eigenvalue weighted by molar-refractivity contribution is 9.10. The lowest BCUT2D eigenvalue weighted by atomic mass is 10.1. The predicted octanol–water partition coefficient (Wildman–Crippen LogP) is 4.13. The largest absolute Gasteiger partial charge is 0.478 e. The fourth-order valence-electron chi connectivity index (χ4n) is 2.19. The third-order valence-corrected chi connectivity index (χ3v) is 3.88. The summed E-state index contributed by atoms with van der Waals surface area (Å²) in [5.74, 6) is -0.0493. The van der Waals surface area contributed by atoms with Crippen LogP contribution < -0.4 is 0 Å². The molecule has 2 N–H and O–H groups in total. The Kier molecular flexibility index (Phi) is 4.06. The number of nitrogens with zero attached hydrogens (tertiary/aromatic N) is 1. The van der Waals surface area contributed by atoms with Gasteiger partial charge in [0.15, 0.2) is 0 Å². The number of imidazole rings is 1. The number of aromatic nitrogens is 2. The molecule has 0 saturated carbocycles. The maximum absolute atomic E-state index is 10.9. The fourth-order valence-corrected chi connectivity index (χ4v) is 2.45. The molecule has 4 nitrogen and oxygen atoms in total. The molecule has 110 valence electrons. The van der Waals surface area contributed by atoms with Crippen LogP contribution >= 0.6 is 15.9 Å². The second-order valence-corrected chi connectivity index (χ2v) is 5.84. The standard InChI is InChI=1S/C17H13BrN2O2/c18-14-7-1-11(2-8-14)9-16-19-10-15(20-16)12-3-5-13(6-4-12)17(21)22/h1-8,10H,9H2,(H,19,20)(H,21,22). The number of rotatable bonds is 4. The van der Waals surface area contributed by atoms with Gasteiger partial charge < -0.3 is 10.1 Å². The molecular weight excluding hydrogens is 344 g/mol. The van der Waals surface area contributed by atoms with Gasteiger partial charge in [-0.3, -0.25) is 0 Å². The van der Waals surface area contributed by atoms with Crippen molar-refractivity contribution < 1.29 is 9.90 Å². The molecule has 1 aromatic heterocycles. The number of carbonyl (C=O) groups is 1. The van der Waals surface area contributed by atoms with Gasteiger partial charge in [-0.15, -0.1) is 0 Å². The highest BCUT2D eigenvalue weighted by Crippen LogP contribution is 2.19. The Hall–Kier alpha value is -2.40. The molecule has 0 spiro atoms. The molecule has 1 heterocycles. The normalized spacial score (nSPS) is 10.6. The number of carboxylic acids is 1. The molecule has 0 unspecified atom stereocenters. The lowest BCUT2D eigenvalue weighted by Crippen LogP contribution is -1.95. The molecule has 0 fully saturated rings. The molecule has 0 aliphatic carbocycles. The van der Waals surface area contributed by atoms with E-state index in [2.05, 4.69) is 25.9 Å². The zero-order chi connectivity index (χ0) is 15.5. The summed E-state index contributed by atoms with van der Waals surface area (Å²) in [6.07, 6.45) is 2.49. The summed E-state index contributed by atoms with van der Waals surface area (Å²) in [5.41, 5.74) is 3.24. The molecule has 2 aromatic carbocycles. The van der Waals surface area contributed by atoms with Crippen LogP contribution in [0.1, 0.15) is 21.7 Å². The molecule has 5 heteroatoms. The van der Waals surface area contributed by atoms with Crippen molar-refractivity contribution in [1.29, 1.82) is 0 Å². The van der Waals surface area contributed by atoms with Crippen molar-refractivity contribution >= 4 is 21.9 Å². The lowest BCUT2D eigenvalue weighted by molar-refractivity contribution is 0.0697. The molecule has 3 rings (SSSR count). The van der Waals surface area contributed by atoms with Crippen LogP contribution in [0.5, 0.6) is 0 Å². The third-order valence-electron chi connectivity index (χ3n) is 3.36. The first kappa shape index (κ1) is 14.5. The van der Waals surface area contributed by atoms with E-state index in [1.54, 1.807) is 30.5 Å². The number of benzene rings is 2. The molecule has 0 aliphatic heterocycles. The molecule has 0 radical (unpaired) electrons. The minimum Gasteiger partial charge on any atom is -0.478 e. The Morgan fingerprint density at radius 1 is 1.09 bits per heavy atom. The molecule has 0 bridgehead atoms. The Morgan fingerprint density at radius 3 is 2.41 bits per heavy atom. The maximum Gasteiger partial charge on any atom is 0.335 e. The Balaban J connectivity index is 1.78. The van der Waals surface area contributed by atoms with E-state index >= 15 is 0 Å². The topological polar surface area (TPSA) is 66.0 Å². The Morgan fingerprint density at radius 2 is 1.77 bits per heavy atom. The monoisotopic (exact) mass is 356 g/mol. The van der Waals surface area contributed by atoms with E-state index in [-0.39, 0.29) is 5.56 Å². The summed E-state index contributed by atoms with van der Waals surface area (Å²) >= 11 is 3.42. The van der Waals surface area contributed by atoms with E-state index < -0.39 is 5.97 Å². The van der Waals surface area contributed by atoms with Crippen molar-refractivity contribution in [3.63, 3.8) is 0 Å². The molecular formula is C17H13BrN2O2. The lowest BCUT2D eigenvalue weighted by Gasteiger charge is -2.00. The number of nitrogens with one attached hydrogen (secondary N) is 1. The number of carboxylic acid groups (broad SMARTS) is 1. The van der Waals surface area contributed by atoms with Crippen LogP contribution in [0.25, 0.3) is 11.3 Å². The molecule has 0 atom stereocenters. The maximum atomic E-state index is 10.9. The van der Waals surface area contributed by atoms with Crippen molar-refractivity contribution in [3.05, 3.63) is 76.2 Å². The SMILES string of the molecule is O=C(O)c1ccc(-c2cnc(Cc3ccc(Br)cc3)[nH]2)cc1. The van der Waals surface area contributed by atoms with E-state index in [1.165, 1.54) is 5.56 Å². The number of hydrogen-bond donors (Lipinski definition) is 2. The van der Waals surface area contributed by atoms with Gasteiger partial charge in [0.25, 0.3) is 0 Å². The van der Waals surface area contributed by atoms with Gasteiger partial charge >= 0.3 is 5.97 Å². The van der Waals surface area contributed by atoms with Gasteiger partial charge in [-0.05, 0) is 35.4 Å². The van der Waals surface area contributed by atoms with E-state index in [0.29, 0.717) is 0 Å². The van der Waals surface area contributed by atoms with Crippen LogP contribution in [0.4, 0.5) is 0 Å². The van der Waals surface area contributed by atoms with Crippen molar-refractivity contribution in [3.8, 4) is 11.3 Å².